The van der Waals surface area contributed by atoms with Gasteiger partial charge in [0.15, 0.2) is 0 Å². The second kappa shape index (κ2) is 11.7. The van der Waals surface area contributed by atoms with Crippen molar-refractivity contribution in [2.45, 2.75) is 51.2 Å². The second-order valence-electron chi connectivity index (χ2n) is 8.54. The lowest BCUT2D eigenvalue weighted by Gasteiger charge is -2.09. The van der Waals surface area contributed by atoms with Crippen molar-refractivity contribution < 1.29 is 24.0 Å². The van der Waals surface area contributed by atoms with E-state index in [2.05, 4.69) is 10.5 Å². The molecule has 4 rings (SSSR count). The average Bonchev–Trinajstić information content (AvgIpc) is 3.60. The number of carboxylic acid groups (broad SMARTS) is 1. The van der Waals surface area contributed by atoms with Crippen LogP contribution in [0.5, 0.6) is 0 Å². The molecule has 7 nitrogen and oxygen atoms in total. The van der Waals surface area contributed by atoms with Crippen LogP contribution in [0.2, 0.25) is 10.0 Å². The van der Waals surface area contributed by atoms with E-state index in [9.17, 15) is 9.59 Å². The molecule has 0 atom stereocenters. The maximum absolute atomic E-state index is 12.1. The molecule has 0 bridgehead atoms. The third-order valence-corrected chi connectivity index (χ3v) is 6.45. The number of carboxylic acids is 1. The zero-order valence-electron chi connectivity index (χ0n) is 19.1. The molecule has 2 aromatic carbocycles. The van der Waals surface area contributed by atoms with Crippen LogP contribution in [0, 0.1) is 0 Å². The van der Waals surface area contributed by atoms with Crippen LogP contribution in [-0.4, -0.2) is 28.7 Å². The smallest absolute Gasteiger partial charge is 0.335 e. The minimum Gasteiger partial charge on any atom is -0.478 e. The standard InChI is InChI=1S/C26H26Cl2N2O5/c27-20-7-4-8-21(28)23(20)24-19(25(35-30-24)17-10-11-17)15-34-12-2-1-9-22(31)29-14-16-5-3-6-18(13-16)26(32)33/h3-8,13,17H,1-2,9-12,14-15H2,(H,29,31)(H,32,33). The lowest BCUT2D eigenvalue weighted by Crippen LogP contribution is -2.22. The Morgan fingerprint density at radius 3 is 2.57 bits per heavy atom. The number of aromatic carboxylic acids is 1. The van der Waals surface area contributed by atoms with Crippen LogP contribution in [-0.2, 0) is 22.7 Å². The molecule has 184 valence electrons. The predicted octanol–water partition coefficient (Wildman–Crippen LogP) is 6.23. The molecule has 1 fully saturated rings. The van der Waals surface area contributed by atoms with Gasteiger partial charge < -0.3 is 19.7 Å². The summed E-state index contributed by atoms with van der Waals surface area (Å²) in [7, 11) is 0. The molecule has 1 aromatic heterocycles. The topological polar surface area (TPSA) is 102 Å². The highest BCUT2D eigenvalue weighted by Crippen LogP contribution is 2.46. The number of hydrogen-bond donors (Lipinski definition) is 2. The van der Waals surface area contributed by atoms with Crippen molar-refractivity contribution in [3.8, 4) is 11.3 Å². The minimum absolute atomic E-state index is 0.0866. The molecule has 1 amide bonds. The van der Waals surface area contributed by atoms with E-state index in [4.69, 9.17) is 37.6 Å². The Kier molecular flexibility index (Phi) is 8.44. The van der Waals surface area contributed by atoms with Gasteiger partial charge in [-0.15, -0.1) is 0 Å². The first-order chi connectivity index (χ1) is 16.9. The normalized spacial score (nSPS) is 13.1. The lowest BCUT2D eigenvalue weighted by molar-refractivity contribution is -0.121. The molecular formula is C26H26Cl2N2O5. The van der Waals surface area contributed by atoms with Gasteiger partial charge in [0.1, 0.15) is 11.5 Å². The van der Waals surface area contributed by atoms with Crippen LogP contribution >= 0.6 is 23.2 Å². The Labute approximate surface area is 213 Å². The first-order valence-corrected chi connectivity index (χ1v) is 12.3. The van der Waals surface area contributed by atoms with Gasteiger partial charge in [0.25, 0.3) is 0 Å². The third kappa shape index (κ3) is 6.63. The summed E-state index contributed by atoms with van der Waals surface area (Å²) in [4.78, 5) is 23.2. The molecule has 1 heterocycles. The van der Waals surface area contributed by atoms with Crippen LogP contribution in [0.15, 0.2) is 47.0 Å². The number of carbonyl (C=O) groups excluding carboxylic acids is 1. The van der Waals surface area contributed by atoms with Gasteiger partial charge in [-0.25, -0.2) is 4.79 Å². The number of aromatic nitrogens is 1. The Bertz CT molecular complexity index is 1190. The highest BCUT2D eigenvalue weighted by Gasteiger charge is 2.33. The van der Waals surface area contributed by atoms with Gasteiger partial charge in [0, 0.05) is 36.6 Å². The molecular weight excluding hydrogens is 491 g/mol. The van der Waals surface area contributed by atoms with Crippen LogP contribution in [0.3, 0.4) is 0 Å². The SMILES string of the molecule is O=C(CCCCOCc1c(-c2c(Cl)cccc2Cl)noc1C1CC1)NCc1cccc(C(=O)O)c1. The molecule has 9 heteroatoms. The summed E-state index contributed by atoms with van der Waals surface area (Å²) in [5, 5.41) is 17.2. The molecule has 0 unspecified atom stereocenters. The number of unbranched alkanes of at least 4 members (excludes halogenated alkanes) is 1. The van der Waals surface area contributed by atoms with Crippen molar-refractivity contribution in [2.24, 2.45) is 0 Å². The lowest BCUT2D eigenvalue weighted by atomic mass is 10.0. The first kappa shape index (κ1) is 25.2. The number of carbonyl (C=O) groups is 2. The van der Waals surface area contributed by atoms with Crippen molar-refractivity contribution in [3.63, 3.8) is 0 Å². The number of hydrogen-bond acceptors (Lipinski definition) is 5. The van der Waals surface area contributed by atoms with Crippen molar-refractivity contribution in [3.05, 3.63) is 75.0 Å². The first-order valence-electron chi connectivity index (χ1n) is 11.5. The molecule has 35 heavy (non-hydrogen) atoms. The summed E-state index contributed by atoms with van der Waals surface area (Å²) < 4.78 is 11.6. The molecule has 0 spiro atoms. The molecule has 2 N–H and O–H groups in total. The van der Waals surface area contributed by atoms with Crippen molar-refractivity contribution >= 4 is 35.1 Å². The summed E-state index contributed by atoms with van der Waals surface area (Å²) in [6.07, 6.45) is 3.88. The molecule has 0 aliphatic heterocycles. The molecule has 3 aromatic rings. The summed E-state index contributed by atoms with van der Waals surface area (Å²) in [5.41, 5.74) is 3.09. The fraction of sp³-hybridized carbons (Fsp3) is 0.346. The summed E-state index contributed by atoms with van der Waals surface area (Å²) >= 11 is 12.8. The fourth-order valence-electron chi connectivity index (χ4n) is 3.82. The number of ether oxygens (including phenoxy) is 1. The van der Waals surface area contributed by atoms with Crippen LogP contribution in [0.4, 0.5) is 0 Å². The quantitative estimate of drug-likeness (QED) is 0.276. The Balaban J connectivity index is 1.23. The Hall–Kier alpha value is -2.87. The molecule has 0 saturated heterocycles. The van der Waals surface area contributed by atoms with Gasteiger partial charge >= 0.3 is 5.97 Å². The fourth-order valence-corrected chi connectivity index (χ4v) is 4.39. The summed E-state index contributed by atoms with van der Waals surface area (Å²) in [6, 6.07) is 11.9. The molecule has 1 aliphatic carbocycles. The number of rotatable bonds is 12. The van der Waals surface area contributed by atoms with Crippen molar-refractivity contribution in [1.29, 1.82) is 0 Å². The number of nitrogens with one attached hydrogen (secondary N) is 1. The molecule has 1 saturated carbocycles. The number of halogens is 2. The van der Waals surface area contributed by atoms with E-state index in [0.29, 0.717) is 66.2 Å². The largest absolute Gasteiger partial charge is 0.478 e. The average molecular weight is 517 g/mol. The molecule has 1 aliphatic rings. The highest BCUT2D eigenvalue weighted by atomic mass is 35.5. The second-order valence-corrected chi connectivity index (χ2v) is 9.35. The monoisotopic (exact) mass is 516 g/mol. The van der Waals surface area contributed by atoms with E-state index in [1.807, 2.05) is 0 Å². The molecule has 0 radical (unpaired) electrons. The van der Waals surface area contributed by atoms with E-state index in [0.717, 1.165) is 29.7 Å². The van der Waals surface area contributed by atoms with E-state index < -0.39 is 5.97 Å². The number of amides is 1. The van der Waals surface area contributed by atoms with E-state index >= 15 is 0 Å². The van der Waals surface area contributed by atoms with Crippen LogP contribution in [0.1, 0.15) is 65.3 Å². The summed E-state index contributed by atoms with van der Waals surface area (Å²) in [6.45, 7) is 1.11. The predicted molar refractivity (Wildman–Crippen MR) is 133 cm³/mol. The number of benzene rings is 2. The highest BCUT2D eigenvalue weighted by molar-refractivity contribution is 6.39. The number of nitrogens with zero attached hydrogens (tertiary/aromatic N) is 1. The van der Waals surface area contributed by atoms with Gasteiger partial charge in [-0.1, -0.05) is 46.6 Å². The van der Waals surface area contributed by atoms with Crippen molar-refractivity contribution in [2.75, 3.05) is 6.61 Å². The Morgan fingerprint density at radius 2 is 1.86 bits per heavy atom. The van der Waals surface area contributed by atoms with Crippen molar-refractivity contribution in [1.82, 2.24) is 10.5 Å². The van der Waals surface area contributed by atoms with E-state index in [1.54, 1.807) is 36.4 Å². The zero-order valence-corrected chi connectivity index (χ0v) is 20.6. The zero-order chi connectivity index (χ0) is 24.8. The van der Waals surface area contributed by atoms with Gasteiger partial charge in [0.2, 0.25) is 5.91 Å². The van der Waals surface area contributed by atoms with Crippen LogP contribution in [0.25, 0.3) is 11.3 Å². The summed E-state index contributed by atoms with van der Waals surface area (Å²) in [5.74, 6) is 0.116. The van der Waals surface area contributed by atoms with Gasteiger partial charge in [-0.2, -0.15) is 0 Å². The van der Waals surface area contributed by atoms with Gasteiger partial charge in [-0.3, -0.25) is 4.79 Å². The van der Waals surface area contributed by atoms with Gasteiger partial charge in [0.05, 0.1) is 22.2 Å². The van der Waals surface area contributed by atoms with Gasteiger partial charge in [-0.05, 0) is 55.5 Å². The van der Waals surface area contributed by atoms with E-state index in [-0.39, 0.29) is 11.5 Å². The maximum Gasteiger partial charge on any atom is 0.335 e. The minimum atomic E-state index is -0.990. The Morgan fingerprint density at radius 1 is 1.11 bits per heavy atom. The van der Waals surface area contributed by atoms with Crippen LogP contribution < -0.4 is 5.32 Å². The van der Waals surface area contributed by atoms with E-state index in [1.165, 1.54) is 6.07 Å². The maximum atomic E-state index is 12.1. The third-order valence-electron chi connectivity index (χ3n) is 5.82.